The SMILES string of the molecule is CC(=O)c1cccnc1NC(=O)c1cccc(C)n1. The molecule has 0 atom stereocenters. The predicted molar refractivity (Wildman–Crippen MR) is 71.2 cm³/mol. The minimum absolute atomic E-state index is 0.152. The van der Waals surface area contributed by atoms with Crippen molar-refractivity contribution in [3.05, 3.63) is 53.5 Å². The summed E-state index contributed by atoms with van der Waals surface area (Å²) in [7, 11) is 0. The number of nitrogens with zero attached hydrogens (tertiary/aromatic N) is 2. The molecule has 0 fully saturated rings. The molecule has 0 radical (unpaired) electrons. The van der Waals surface area contributed by atoms with Gasteiger partial charge in [0.25, 0.3) is 5.91 Å². The fourth-order valence-electron chi connectivity index (χ4n) is 1.63. The van der Waals surface area contributed by atoms with E-state index in [-0.39, 0.29) is 17.5 Å². The topological polar surface area (TPSA) is 72.0 Å². The third-order valence-electron chi connectivity index (χ3n) is 2.54. The highest BCUT2D eigenvalue weighted by Gasteiger charge is 2.13. The number of rotatable bonds is 3. The van der Waals surface area contributed by atoms with E-state index < -0.39 is 0 Å². The molecule has 2 aromatic rings. The van der Waals surface area contributed by atoms with Crippen molar-refractivity contribution in [1.82, 2.24) is 9.97 Å². The van der Waals surface area contributed by atoms with Gasteiger partial charge in [0.15, 0.2) is 5.78 Å². The largest absolute Gasteiger partial charge is 0.305 e. The summed E-state index contributed by atoms with van der Waals surface area (Å²) in [5.74, 6) is -0.284. The first kappa shape index (κ1) is 12.9. The number of amides is 1. The maximum absolute atomic E-state index is 12.0. The standard InChI is InChI=1S/C14H13N3O2/c1-9-5-3-7-12(16-9)14(19)17-13-11(10(2)18)6-4-8-15-13/h3-8H,1-2H3,(H,15,17,19). The molecule has 1 N–H and O–H groups in total. The Morgan fingerprint density at radius 2 is 1.95 bits per heavy atom. The summed E-state index contributed by atoms with van der Waals surface area (Å²) in [6.45, 7) is 3.23. The summed E-state index contributed by atoms with van der Waals surface area (Å²) in [5, 5.41) is 2.60. The van der Waals surface area contributed by atoms with Crippen LogP contribution in [0.3, 0.4) is 0 Å². The fraction of sp³-hybridized carbons (Fsp3) is 0.143. The molecule has 0 unspecified atom stereocenters. The summed E-state index contributed by atoms with van der Waals surface area (Å²) in [4.78, 5) is 31.6. The van der Waals surface area contributed by atoms with Crippen LogP contribution in [0.15, 0.2) is 36.5 Å². The lowest BCUT2D eigenvalue weighted by Gasteiger charge is -2.07. The number of pyridine rings is 2. The van der Waals surface area contributed by atoms with E-state index in [0.29, 0.717) is 11.3 Å². The van der Waals surface area contributed by atoms with Crippen LogP contribution in [0.25, 0.3) is 0 Å². The van der Waals surface area contributed by atoms with Gasteiger partial charge in [-0.15, -0.1) is 0 Å². The van der Waals surface area contributed by atoms with Gasteiger partial charge in [-0.05, 0) is 38.1 Å². The van der Waals surface area contributed by atoms with Crippen LogP contribution in [0, 0.1) is 6.92 Å². The number of Topliss-reactive ketones (excluding diaryl/α,β-unsaturated/α-hetero) is 1. The molecule has 5 nitrogen and oxygen atoms in total. The number of aromatic nitrogens is 2. The molecule has 1 amide bonds. The van der Waals surface area contributed by atoms with Crippen molar-refractivity contribution in [1.29, 1.82) is 0 Å². The molecule has 19 heavy (non-hydrogen) atoms. The molecule has 2 aromatic heterocycles. The Morgan fingerprint density at radius 3 is 2.63 bits per heavy atom. The Balaban J connectivity index is 2.27. The van der Waals surface area contributed by atoms with Gasteiger partial charge in [0, 0.05) is 11.9 Å². The Morgan fingerprint density at radius 1 is 1.16 bits per heavy atom. The van der Waals surface area contributed by atoms with Crippen LogP contribution in [0.2, 0.25) is 0 Å². The van der Waals surface area contributed by atoms with Gasteiger partial charge in [-0.1, -0.05) is 6.07 Å². The molecule has 0 spiro atoms. The second-order valence-electron chi connectivity index (χ2n) is 4.07. The molecule has 0 aliphatic carbocycles. The third kappa shape index (κ3) is 3.01. The quantitative estimate of drug-likeness (QED) is 0.854. The van der Waals surface area contributed by atoms with Crippen molar-refractivity contribution < 1.29 is 9.59 Å². The zero-order valence-corrected chi connectivity index (χ0v) is 10.7. The second-order valence-corrected chi connectivity index (χ2v) is 4.07. The van der Waals surface area contributed by atoms with Gasteiger partial charge in [0.1, 0.15) is 11.5 Å². The van der Waals surface area contributed by atoms with Gasteiger partial charge < -0.3 is 5.32 Å². The predicted octanol–water partition coefficient (Wildman–Crippen LogP) is 2.24. The Kier molecular flexibility index (Phi) is 3.66. The number of hydrogen-bond donors (Lipinski definition) is 1. The number of carbonyl (C=O) groups excluding carboxylic acids is 2. The van der Waals surface area contributed by atoms with Gasteiger partial charge in [-0.2, -0.15) is 0 Å². The normalized spacial score (nSPS) is 10.0. The van der Waals surface area contributed by atoms with Crippen LogP contribution in [0.5, 0.6) is 0 Å². The van der Waals surface area contributed by atoms with Gasteiger partial charge in [0.05, 0.1) is 5.56 Å². The zero-order valence-electron chi connectivity index (χ0n) is 10.7. The molecule has 2 rings (SSSR count). The number of carbonyl (C=O) groups is 2. The molecule has 0 aliphatic heterocycles. The summed E-state index contributed by atoms with van der Waals surface area (Å²) < 4.78 is 0. The average molecular weight is 255 g/mol. The highest BCUT2D eigenvalue weighted by atomic mass is 16.2. The first-order valence-corrected chi connectivity index (χ1v) is 5.79. The van der Waals surface area contributed by atoms with Crippen LogP contribution in [-0.2, 0) is 0 Å². The van der Waals surface area contributed by atoms with E-state index in [0.717, 1.165) is 5.69 Å². The molecule has 0 bridgehead atoms. The highest BCUT2D eigenvalue weighted by Crippen LogP contribution is 2.13. The molecule has 5 heteroatoms. The number of aryl methyl sites for hydroxylation is 1. The number of hydrogen-bond acceptors (Lipinski definition) is 4. The third-order valence-corrected chi connectivity index (χ3v) is 2.54. The van der Waals surface area contributed by atoms with E-state index in [1.807, 2.05) is 0 Å². The smallest absolute Gasteiger partial charge is 0.275 e. The van der Waals surface area contributed by atoms with Gasteiger partial charge in [-0.3, -0.25) is 9.59 Å². The van der Waals surface area contributed by atoms with Gasteiger partial charge in [-0.25, -0.2) is 9.97 Å². The maximum Gasteiger partial charge on any atom is 0.275 e. The zero-order chi connectivity index (χ0) is 13.8. The average Bonchev–Trinajstić information content (AvgIpc) is 2.39. The van der Waals surface area contributed by atoms with Gasteiger partial charge >= 0.3 is 0 Å². The first-order valence-electron chi connectivity index (χ1n) is 5.79. The van der Waals surface area contributed by atoms with E-state index >= 15 is 0 Å². The lowest BCUT2D eigenvalue weighted by molar-refractivity contribution is 0.101. The summed E-state index contributed by atoms with van der Waals surface area (Å²) in [6.07, 6.45) is 1.52. The number of nitrogens with one attached hydrogen (secondary N) is 1. The van der Waals surface area contributed by atoms with E-state index in [4.69, 9.17) is 0 Å². The van der Waals surface area contributed by atoms with Crippen LogP contribution >= 0.6 is 0 Å². The van der Waals surface area contributed by atoms with Crippen molar-refractivity contribution >= 4 is 17.5 Å². The summed E-state index contributed by atoms with van der Waals surface area (Å²) >= 11 is 0. The number of ketones is 1. The maximum atomic E-state index is 12.0. The fourth-order valence-corrected chi connectivity index (χ4v) is 1.63. The highest BCUT2D eigenvalue weighted by molar-refractivity contribution is 6.07. The first-order chi connectivity index (χ1) is 9.08. The molecule has 0 aliphatic rings. The lowest BCUT2D eigenvalue weighted by atomic mass is 10.2. The van der Waals surface area contributed by atoms with Crippen LogP contribution in [-0.4, -0.2) is 21.7 Å². The molecular formula is C14H13N3O2. The summed E-state index contributed by atoms with van der Waals surface area (Å²) in [5.41, 5.74) is 1.42. The summed E-state index contributed by atoms with van der Waals surface area (Å²) in [6, 6.07) is 8.44. The monoisotopic (exact) mass is 255 g/mol. The minimum Gasteiger partial charge on any atom is -0.305 e. The molecule has 0 aromatic carbocycles. The molecule has 96 valence electrons. The van der Waals surface area contributed by atoms with Gasteiger partial charge in [0.2, 0.25) is 0 Å². The van der Waals surface area contributed by atoms with Crippen molar-refractivity contribution in [3.8, 4) is 0 Å². The van der Waals surface area contributed by atoms with Crippen LogP contribution < -0.4 is 5.32 Å². The van der Waals surface area contributed by atoms with Crippen molar-refractivity contribution in [2.24, 2.45) is 0 Å². The lowest BCUT2D eigenvalue weighted by Crippen LogP contribution is -2.17. The van der Waals surface area contributed by atoms with Crippen molar-refractivity contribution in [3.63, 3.8) is 0 Å². The van der Waals surface area contributed by atoms with E-state index in [9.17, 15) is 9.59 Å². The molecule has 2 heterocycles. The van der Waals surface area contributed by atoms with E-state index in [1.165, 1.54) is 13.1 Å². The number of anilines is 1. The molecule has 0 saturated carbocycles. The molecular weight excluding hydrogens is 242 g/mol. The van der Waals surface area contributed by atoms with Crippen molar-refractivity contribution in [2.75, 3.05) is 5.32 Å². The van der Waals surface area contributed by atoms with E-state index in [1.54, 1.807) is 37.3 Å². The Hall–Kier alpha value is -2.56. The van der Waals surface area contributed by atoms with E-state index in [2.05, 4.69) is 15.3 Å². The second kappa shape index (κ2) is 5.39. The molecule has 0 saturated heterocycles. The Bertz CT molecular complexity index is 638. The minimum atomic E-state index is -0.384. The van der Waals surface area contributed by atoms with Crippen molar-refractivity contribution in [2.45, 2.75) is 13.8 Å². The van der Waals surface area contributed by atoms with Crippen LogP contribution in [0.1, 0.15) is 33.5 Å². The Labute approximate surface area is 110 Å². The van der Waals surface area contributed by atoms with Crippen LogP contribution in [0.4, 0.5) is 5.82 Å².